The molecular weight excluding hydrogens is 278 g/mol. The quantitative estimate of drug-likeness (QED) is 0.805. The number of hydrogen-bond donors (Lipinski definition) is 1. The predicted octanol–water partition coefficient (Wildman–Crippen LogP) is 2.43. The first kappa shape index (κ1) is 12.7. The van der Waals surface area contributed by atoms with Gasteiger partial charge in [-0.3, -0.25) is 4.79 Å². The molecule has 0 aliphatic rings. The van der Waals surface area contributed by atoms with Crippen molar-refractivity contribution in [2.24, 2.45) is 0 Å². The van der Waals surface area contributed by atoms with Gasteiger partial charge in [0.25, 0.3) is 0 Å². The largest absolute Gasteiger partial charge is 0.497 e. The van der Waals surface area contributed by atoms with Gasteiger partial charge in [-0.15, -0.1) is 0 Å². The molecule has 0 aliphatic heterocycles. The number of pyridine rings is 1. The summed E-state index contributed by atoms with van der Waals surface area (Å²) in [4.78, 5) is 14.9. The Bertz CT molecular complexity index is 805. The number of aromatic amines is 1. The number of nitrogens with one attached hydrogen (secondary N) is 1. The highest BCUT2D eigenvalue weighted by molar-refractivity contribution is 6.30. The van der Waals surface area contributed by atoms with E-state index in [1.807, 2.05) is 24.3 Å². The molecule has 3 aromatic rings. The summed E-state index contributed by atoms with van der Waals surface area (Å²) in [7, 11) is 1.63. The van der Waals surface area contributed by atoms with E-state index >= 15 is 0 Å². The molecule has 0 atom stereocenters. The van der Waals surface area contributed by atoms with Crippen molar-refractivity contribution < 1.29 is 4.74 Å². The summed E-state index contributed by atoms with van der Waals surface area (Å²) in [6.45, 7) is 0.561. The molecule has 5 nitrogen and oxygen atoms in total. The maximum absolute atomic E-state index is 11.9. The lowest BCUT2D eigenvalue weighted by Gasteiger charge is -2.05. The van der Waals surface area contributed by atoms with E-state index in [-0.39, 0.29) is 10.5 Å². The minimum Gasteiger partial charge on any atom is -0.497 e. The van der Waals surface area contributed by atoms with Crippen molar-refractivity contribution in [1.82, 2.24) is 14.8 Å². The van der Waals surface area contributed by atoms with Crippen LogP contribution in [0.2, 0.25) is 5.02 Å². The third kappa shape index (κ3) is 2.16. The number of halogens is 1. The van der Waals surface area contributed by atoms with Crippen LogP contribution in [0.3, 0.4) is 0 Å². The van der Waals surface area contributed by atoms with Crippen LogP contribution in [0, 0.1) is 0 Å². The van der Waals surface area contributed by atoms with Crippen molar-refractivity contribution in [3.8, 4) is 5.75 Å². The number of H-pyrrole nitrogens is 1. The normalized spacial score (nSPS) is 10.9. The third-order valence-electron chi connectivity index (χ3n) is 3.13. The van der Waals surface area contributed by atoms with E-state index in [1.165, 1.54) is 12.4 Å². The average Bonchev–Trinajstić information content (AvgIpc) is 2.87. The van der Waals surface area contributed by atoms with Crippen LogP contribution in [-0.4, -0.2) is 21.9 Å². The minimum absolute atomic E-state index is 0.168. The van der Waals surface area contributed by atoms with E-state index in [9.17, 15) is 4.79 Å². The van der Waals surface area contributed by atoms with Gasteiger partial charge in [0.2, 0.25) is 5.43 Å². The van der Waals surface area contributed by atoms with Crippen LogP contribution in [0.1, 0.15) is 5.56 Å². The van der Waals surface area contributed by atoms with E-state index in [0.29, 0.717) is 17.6 Å². The number of methoxy groups -OCH3 is 1. The zero-order valence-electron chi connectivity index (χ0n) is 10.8. The van der Waals surface area contributed by atoms with Crippen LogP contribution < -0.4 is 10.2 Å². The Hall–Kier alpha value is -2.27. The molecule has 0 unspecified atom stereocenters. The van der Waals surface area contributed by atoms with Gasteiger partial charge in [-0.25, -0.2) is 4.68 Å². The Morgan fingerprint density at radius 3 is 2.80 bits per heavy atom. The van der Waals surface area contributed by atoms with Crippen LogP contribution >= 0.6 is 11.6 Å². The Morgan fingerprint density at radius 2 is 2.10 bits per heavy atom. The lowest BCUT2D eigenvalue weighted by Crippen LogP contribution is -2.06. The van der Waals surface area contributed by atoms with Crippen molar-refractivity contribution in [2.45, 2.75) is 6.54 Å². The second kappa shape index (κ2) is 5.02. The van der Waals surface area contributed by atoms with Gasteiger partial charge >= 0.3 is 0 Å². The molecular formula is C14H12ClN3O2. The molecule has 0 fully saturated rings. The van der Waals surface area contributed by atoms with Gasteiger partial charge < -0.3 is 9.72 Å². The summed E-state index contributed by atoms with van der Waals surface area (Å²) >= 11 is 5.80. The van der Waals surface area contributed by atoms with Crippen LogP contribution in [0.4, 0.5) is 0 Å². The van der Waals surface area contributed by atoms with Gasteiger partial charge in [0.1, 0.15) is 16.4 Å². The molecule has 1 N–H and O–H groups in total. The first-order chi connectivity index (χ1) is 9.69. The van der Waals surface area contributed by atoms with Crippen LogP contribution in [0.15, 0.2) is 41.5 Å². The van der Waals surface area contributed by atoms with Gasteiger partial charge in [-0.2, -0.15) is 5.10 Å². The summed E-state index contributed by atoms with van der Waals surface area (Å²) in [6, 6.07) is 7.70. The fourth-order valence-corrected chi connectivity index (χ4v) is 2.21. The number of fused-ring (bicyclic) bond motifs is 1. The van der Waals surface area contributed by atoms with Gasteiger partial charge in [-0.05, 0) is 17.7 Å². The van der Waals surface area contributed by atoms with Crippen molar-refractivity contribution in [3.63, 3.8) is 0 Å². The molecule has 6 heteroatoms. The molecule has 0 spiro atoms. The summed E-state index contributed by atoms with van der Waals surface area (Å²) in [5.41, 5.74) is 1.52. The van der Waals surface area contributed by atoms with Gasteiger partial charge in [0, 0.05) is 6.20 Å². The molecule has 2 aromatic heterocycles. The predicted molar refractivity (Wildman–Crippen MR) is 77.5 cm³/mol. The molecule has 0 aliphatic carbocycles. The molecule has 20 heavy (non-hydrogen) atoms. The number of benzene rings is 1. The first-order valence-corrected chi connectivity index (χ1v) is 6.42. The van der Waals surface area contributed by atoms with Gasteiger partial charge in [-0.1, -0.05) is 23.7 Å². The number of aromatic nitrogens is 3. The highest BCUT2D eigenvalue weighted by Crippen LogP contribution is 2.15. The summed E-state index contributed by atoms with van der Waals surface area (Å²) in [6.07, 6.45) is 3.02. The monoisotopic (exact) mass is 289 g/mol. The summed E-state index contributed by atoms with van der Waals surface area (Å²) in [5.74, 6) is 0.805. The molecule has 0 radical (unpaired) electrons. The Balaban J connectivity index is 1.98. The lowest BCUT2D eigenvalue weighted by atomic mass is 10.2. The van der Waals surface area contributed by atoms with Gasteiger partial charge in [0.05, 0.1) is 25.2 Å². The standard InChI is InChI=1S/C14H12ClN3O2/c1-20-10-4-2-9(3-5-10)8-18-14-11(6-17-18)13(19)12(15)7-16-14/h2-7H,8H2,1H3,(H,16,19). The lowest BCUT2D eigenvalue weighted by molar-refractivity contribution is 0.414. The topological polar surface area (TPSA) is 59.9 Å². The molecule has 3 rings (SSSR count). The second-order valence-corrected chi connectivity index (χ2v) is 4.79. The fraction of sp³-hybridized carbons (Fsp3) is 0.143. The molecule has 0 bridgehead atoms. The third-order valence-corrected chi connectivity index (χ3v) is 3.41. The van der Waals surface area contributed by atoms with E-state index in [2.05, 4.69) is 10.1 Å². The Morgan fingerprint density at radius 1 is 1.35 bits per heavy atom. The minimum atomic E-state index is -0.207. The van der Waals surface area contributed by atoms with E-state index < -0.39 is 0 Å². The SMILES string of the molecule is COc1ccc(Cn2ncc3c(=O)c(Cl)c[nH]c32)cc1. The number of rotatable bonds is 3. The van der Waals surface area contributed by atoms with E-state index in [1.54, 1.807) is 11.8 Å². The van der Waals surface area contributed by atoms with Crippen molar-refractivity contribution in [3.05, 3.63) is 57.5 Å². The Kier molecular flexibility index (Phi) is 3.20. The van der Waals surface area contributed by atoms with Crippen LogP contribution in [0.25, 0.3) is 11.0 Å². The van der Waals surface area contributed by atoms with Crippen molar-refractivity contribution in [1.29, 1.82) is 0 Å². The molecule has 0 saturated heterocycles. The van der Waals surface area contributed by atoms with Crippen LogP contribution in [0.5, 0.6) is 5.75 Å². The summed E-state index contributed by atoms with van der Waals surface area (Å²) in [5, 5.41) is 4.89. The molecule has 1 aromatic carbocycles. The highest BCUT2D eigenvalue weighted by atomic mass is 35.5. The fourth-order valence-electron chi connectivity index (χ4n) is 2.05. The van der Waals surface area contributed by atoms with E-state index in [0.717, 1.165) is 11.3 Å². The van der Waals surface area contributed by atoms with Gasteiger partial charge in [0.15, 0.2) is 0 Å². The second-order valence-electron chi connectivity index (χ2n) is 4.38. The Labute approximate surface area is 119 Å². The van der Waals surface area contributed by atoms with Crippen molar-refractivity contribution >= 4 is 22.6 Å². The summed E-state index contributed by atoms with van der Waals surface area (Å²) < 4.78 is 6.85. The molecule has 0 saturated carbocycles. The van der Waals surface area contributed by atoms with E-state index in [4.69, 9.17) is 16.3 Å². The first-order valence-electron chi connectivity index (χ1n) is 6.04. The number of hydrogen-bond acceptors (Lipinski definition) is 3. The maximum Gasteiger partial charge on any atom is 0.211 e. The smallest absolute Gasteiger partial charge is 0.211 e. The zero-order valence-corrected chi connectivity index (χ0v) is 11.5. The number of ether oxygens (including phenoxy) is 1. The van der Waals surface area contributed by atoms with Crippen molar-refractivity contribution in [2.75, 3.05) is 7.11 Å². The molecule has 2 heterocycles. The highest BCUT2D eigenvalue weighted by Gasteiger charge is 2.09. The molecule has 102 valence electrons. The average molecular weight is 290 g/mol. The molecule has 0 amide bonds. The zero-order chi connectivity index (χ0) is 14.1. The van der Waals surface area contributed by atoms with Crippen LogP contribution in [-0.2, 0) is 6.54 Å². The maximum atomic E-state index is 11.9. The number of nitrogens with zero attached hydrogens (tertiary/aromatic N) is 2.